The fraction of sp³-hybridized carbons (Fsp3) is 0.316. The molecule has 0 aliphatic heterocycles. The third-order valence-electron chi connectivity index (χ3n) is 3.98. The van der Waals surface area contributed by atoms with Gasteiger partial charge < -0.3 is 15.7 Å². The van der Waals surface area contributed by atoms with Gasteiger partial charge in [0.25, 0.3) is 0 Å². The van der Waals surface area contributed by atoms with Crippen LogP contribution in [-0.4, -0.2) is 37.5 Å². The number of anilines is 3. The van der Waals surface area contributed by atoms with Gasteiger partial charge in [-0.1, -0.05) is 24.6 Å². The van der Waals surface area contributed by atoms with Gasteiger partial charge in [-0.15, -0.1) is 5.10 Å². The van der Waals surface area contributed by atoms with Gasteiger partial charge in [0.1, 0.15) is 5.82 Å². The lowest BCUT2D eigenvalue weighted by molar-refractivity contribution is 0.146. The first-order valence-corrected chi connectivity index (χ1v) is 9.32. The average Bonchev–Trinajstić information content (AvgIpc) is 3.04. The Balaban J connectivity index is 1.95. The second-order valence-corrected chi connectivity index (χ2v) is 6.54. The molecule has 3 aromatic rings. The van der Waals surface area contributed by atoms with Crippen LogP contribution >= 0.6 is 11.6 Å². The highest BCUT2D eigenvalue weighted by atomic mass is 35.5. The van der Waals surface area contributed by atoms with E-state index in [0.717, 1.165) is 23.6 Å². The smallest absolute Gasteiger partial charge is 0.247 e. The number of aliphatic hydroxyl groups excluding tert-OH is 1. The van der Waals surface area contributed by atoms with Gasteiger partial charge >= 0.3 is 0 Å². The van der Waals surface area contributed by atoms with E-state index in [0.29, 0.717) is 29.8 Å². The zero-order chi connectivity index (χ0) is 19.2. The van der Waals surface area contributed by atoms with Gasteiger partial charge in [-0.25, -0.2) is 9.67 Å². The number of rotatable bonds is 8. The van der Waals surface area contributed by atoms with Crippen LogP contribution in [0.15, 0.2) is 42.6 Å². The van der Waals surface area contributed by atoms with Crippen molar-refractivity contribution in [2.75, 3.05) is 17.2 Å². The summed E-state index contributed by atoms with van der Waals surface area (Å²) in [6, 6.07) is 11.2. The molecule has 0 saturated carbocycles. The van der Waals surface area contributed by atoms with Gasteiger partial charge in [0.15, 0.2) is 5.82 Å². The summed E-state index contributed by atoms with van der Waals surface area (Å²) in [5, 5.41) is 21.6. The van der Waals surface area contributed by atoms with Crippen molar-refractivity contribution in [3.05, 3.63) is 47.6 Å². The zero-order valence-corrected chi connectivity index (χ0v) is 16.1. The number of aromatic nitrogens is 4. The third kappa shape index (κ3) is 4.96. The minimum atomic E-state index is -0.500. The second-order valence-electron chi connectivity index (χ2n) is 6.10. The topological polar surface area (TPSA) is 87.9 Å². The van der Waals surface area contributed by atoms with Gasteiger partial charge in [0.2, 0.25) is 5.95 Å². The molecule has 0 amide bonds. The summed E-state index contributed by atoms with van der Waals surface area (Å²) in [5.41, 5.74) is 1.67. The van der Waals surface area contributed by atoms with Crippen molar-refractivity contribution < 1.29 is 5.11 Å². The van der Waals surface area contributed by atoms with E-state index in [2.05, 4.69) is 25.7 Å². The Morgan fingerprint density at radius 2 is 2.07 bits per heavy atom. The molecule has 2 heterocycles. The molecule has 1 atom stereocenters. The number of pyridine rings is 1. The van der Waals surface area contributed by atoms with Crippen LogP contribution in [0.25, 0.3) is 11.4 Å². The Hall–Kier alpha value is -2.64. The summed E-state index contributed by atoms with van der Waals surface area (Å²) < 4.78 is 1.71. The number of halogens is 1. The highest BCUT2D eigenvalue weighted by molar-refractivity contribution is 6.30. The van der Waals surface area contributed by atoms with E-state index in [1.807, 2.05) is 38.1 Å². The van der Waals surface area contributed by atoms with Crippen LogP contribution < -0.4 is 10.6 Å². The van der Waals surface area contributed by atoms with Crippen LogP contribution in [0.3, 0.4) is 0 Å². The van der Waals surface area contributed by atoms with E-state index >= 15 is 0 Å². The minimum Gasteiger partial charge on any atom is -0.391 e. The molecule has 3 rings (SSSR count). The fourth-order valence-corrected chi connectivity index (χ4v) is 2.80. The van der Waals surface area contributed by atoms with Crippen LogP contribution in [0.5, 0.6) is 0 Å². The summed E-state index contributed by atoms with van der Waals surface area (Å²) >= 11 is 6.05. The average molecular weight is 387 g/mol. The van der Waals surface area contributed by atoms with E-state index in [4.69, 9.17) is 11.6 Å². The number of hydrogen-bond donors (Lipinski definition) is 3. The monoisotopic (exact) mass is 386 g/mol. The SMILES string of the molecule is CCNc1cc(-c2nc(Nc3cccc(Cl)c3)nn2C[C@@H](O)CC)ccn1. The van der Waals surface area contributed by atoms with Crippen molar-refractivity contribution in [2.45, 2.75) is 32.9 Å². The first-order chi connectivity index (χ1) is 13.1. The summed E-state index contributed by atoms with van der Waals surface area (Å²) in [7, 11) is 0. The predicted octanol–water partition coefficient (Wildman–Crippen LogP) is 3.94. The highest BCUT2D eigenvalue weighted by Crippen LogP contribution is 2.24. The van der Waals surface area contributed by atoms with E-state index in [1.165, 1.54) is 0 Å². The van der Waals surface area contributed by atoms with Crippen LogP contribution in [0, 0.1) is 0 Å². The number of aliphatic hydroxyl groups is 1. The molecule has 0 spiro atoms. The zero-order valence-electron chi connectivity index (χ0n) is 15.4. The predicted molar refractivity (Wildman–Crippen MR) is 108 cm³/mol. The molecule has 0 aliphatic rings. The number of nitrogens with zero attached hydrogens (tertiary/aromatic N) is 4. The highest BCUT2D eigenvalue weighted by Gasteiger charge is 2.15. The Bertz CT molecular complexity index is 897. The molecular weight excluding hydrogens is 364 g/mol. The lowest BCUT2D eigenvalue weighted by Gasteiger charge is -2.10. The largest absolute Gasteiger partial charge is 0.391 e. The first kappa shape index (κ1) is 19.1. The maximum Gasteiger partial charge on any atom is 0.247 e. The van der Waals surface area contributed by atoms with E-state index in [1.54, 1.807) is 23.0 Å². The Labute approximate surface area is 163 Å². The van der Waals surface area contributed by atoms with E-state index in [9.17, 15) is 5.11 Å². The standard InChI is InChI=1S/C19H23ClN6O/c1-3-16(27)12-26-18(13-8-9-22-17(10-13)21-4-2)24-19(25-26)23-15-7-5-6-14(20)11-15/h5-11,16,27H,3-4,12H2,1-2H3,(H,21,22)(H,23,25)/t16-/m0/s1. The number of benzene rings is 1. The van der Waals surface area contributed by atoms with Gasteiger partial charge in [-0.3, -0.25) is 0 Å². The first-order valence-electron chi connectivity index (χ1n) is 8.94. The van der Waals surface area contributed by atoms with Crippen molar-refractivity contribution in [2.24, 2.45) is 0 Å². The van der Waals surface area contributed by atoms with Crippen LogP contribution in [0.1, 0.15) is 20.3 Å². The van der Waals surface area contributed by atoms with Crippen molar-refractivity contribution in [1.82, 2.24) is 19.7 Å². The molecule has 0 unspecified atom stereocenters. The summed E-state index contributed by atoms with van der Waals surface area (Å²) in [4.78, 5) is 8.92. The minimum absolute atomic E-state index is 0.356. The van der Waals surface area contributed by atoms with Crippen LogP contribution in [0.4, 0.5) is 17.5 Å². The maximum atomic E-state index is 10.1. The Morgan fingerprint density at radius 1 is 1.22 bits per heavy atom. The van der Waals surface area contributed by atoms with Crippen LogP contribution in [0.2, 0.25) is 5.02 Å². The van der Waals surface area contributed by atoms with Crippen molar-refractivity contribution >= 4 is 29.1 Å². The third-order valence-corrected chi connectivity index (χ3v) is 4.22. The molecule has 0 aliphatic carbocycles. The second kappa shape index (κ2) is 8.83. The molecule has 3 N–H and O–H groups in total. The fourth-order valence-electron chi connectivity index (χ4n) is 2.61. The molecule has 0 bridgehead atoms. The van der Waals surface area contributed by atoms with Crippen LogP contribution in [-0.2, 0) is 6.54 Å². The van der Waals surface area contributed by atoms with Crippen molar-refractivity contribution in [1.29, 1.82) is 0 Å². The summed E-state index contributed by atoms with van der Waals surface area (Å²) in [5.74, 6) is 1.87. The summed E-state index contributed by atoms with van der Waals surface area (Å²) in [6.07, 6.45) is 1.86. The molecule has 0 radical (unpaired) electrons. The molecule has 142 valence electrons. The molecule has 8 heteroatoms. The molecule has 1 aromatic carbocycles. The van der Waals surface area contributed by atoms with Gasteiger partial charge in [-0.05, 0) is 43.7 Å². The maximum absolute atomic E-state index is 10.1. The molecule has 27 heavy (non-hydrogen) atoms. The number of hydrogen-bond acceptors (Lipinski definition) is 6. The van der Waals surface area contributed by atoms with Gasteiger partial charge in [0, 0.05) is 29.0 Å². The molecule has 2 aromatic heterocycles. The molecule has 0 fully saturated rings. The lowest BCUT2D eigenvalue weighted by Crippen LogP contribution is -2.17. The van der Waals surface area contributed by atoms with E-state index in [-0.39, 0.29) is 0 Å². The molecular formula is C19H23ClN6O. The summed E-state index contributed by atoms with van der Waals surface area (Å²) in [6.45, 7) is 5.08. The Kier molecular flexibility index (Phi) is 6.26. The van der Waals surface area contributed by atoms with Crippen molar-refractivity contribution in [3.8, 4) is 11.4 Å². The number of nitrogens with one attached hydrogen (secondary N) is 2. The quantitative estimate of drug-likeness (QED) is 0.543. The van der Waals surface area contributed by atoms with E-state index < -0.39 is 6.10 Å². The Morgan fingerprint density at radius 3 is 2.81 bits per heavy atom. The van der Waals surface area contributed by atoms with Crippen molar-refractivity contribution in [3.63, 3.8) is 0 Å². The molecule has 7 nitrogen and oxygen atoms in total. The molecule has 0 saturated heterocycles. The lowest BCUT2D eigenvalue weighted by atomic mass is 10.2. The van der Waals surface area contributed by atoms with Gasteiger partial charge in [-0.2, -0.15) is 4.98 Å². The normalized spacial score (nSPS) is 12.0. The van der Waals surface area contributed by atoms with Gasteiger partial charge in [0.05, 0.1) is 12.6 Å².